The first-order valence-corrected chi connectivity index (χ1v) is 33.0. The summed E-state index contributed by atoms with van der Waals surface area (Å²) in [5.74, 6) is -3.11. The quantitative estimate of drug-likeness (QED) is 0.0833. The molecule has 21 nitrogen and oxygen atoms in total. The van der Waals surface area contributed by atoms with Gasteiger partial charge < -0.3 is 50.2 Å². The van der Waals surface area contributed by atoms with Gasteiger partial charge in [0.2, 0.25) is 35.4 Å². The Bertz CT molecular complexity index is 3490. The van der Waals surface area contributed by atoms with Gasteiger partial charge in [-0.1, -0.05) is 75.4 Å². The Hall–Kier alpha value is -7.95. The van der Waals surface area contributed by atoms with Gasteiger partial charge in [0, 0.05) is 82.2 Å². The third-order valence-corrected chi connectivity index (χ3v) is 18.8. The van der Waals surface area contributed by atoms with Crippen molar-refractivity contribution in [2.45, 2.75) is 188 Å². The number of fused-ring (bicyclic) bond motifs is 3. The average molecular weight is 1300 g/mol. The molecule has 4 aliphatic heterocycles. The molecule has 2 saturated heterocycles. The van der Waals surface area contributed by atoms with Crippen molar-refractivity contribution in [1.82, 2.24) is 40.4 Å². The highest BCUT2D eigenvalue weighted by atomic mass is 19.1. The molecule has 9 rings (SSSR count). The van der Waals surface area contributed by atoms with Crippen molar-refractivity contribution in [3.05, 3.63) is 130 Å². The van der Waals surface area contributed by atoms with Crippen molar-refractivity contribution in [3.63, 3.8) is 0 Å². The van der Waals surface area contributed by atoms with Crippen molar-refractivity contribution in [3.8, 4) is 0 Å². The monoisotopic (exact) mass is 1300 g/mol. The molecule has 0 radical (unpaired) electrons. The predicted molar refractivity (Wildman–Crippen MR) is 356 cm³/mol. The Balaban J connectivity index is 0.933. The highest BCUT2D eigenvalue weighted by Crippen LogP contribution is 2.43. The first kappa shape index (κ1) is 70.4. The summed E-state index contributed by atoms with van der Waals surface area (Å²) in [7, 11) is 1.45. The second-order valence-electron chi connectivity index (χ2n) is 29.6. The van der Waals surface area contributed by atoms with Gasteiger partial charge >= 0.3 is 12.2 Å². The van der Waals surface area contributed by atoms with Gasteiger partial charge in [-0.15, -0.1) is 0 Å². The number of rotatable bonds is 16. The van der Waals surface area contributed by atoms with E-state index in [9.17, 15) is 33.2 Å². The maximum atomic E-state index is 15.3. The number of aryl methyl sites for hydroxylation is 1. The fourth-order valence-electron chi connectivity index (χ4n) is 13.3. The summed E-state index contributed by atoms with van der Waals surface area (Å²) in [6.45, 7) is 26.0. The van der Waals surface area contributed by atoms with Crippen LogP contribution >= 0.6 is 0 Å². The Morgan fingerprint density at radius 2 is 1.50 bits per heavy atom. The minimum Gasteiger partial charge on any atom is -0.444 e. The number of nitrogens with one attached hydrogen (secondary N) is 4. The molecule has 4 aromatic rings. The van der Waals surface area contributed by atoms with Crippen LogP contribution in [0.3, 0.4) is 0 Å². The number of ether oxygens (including phenoxy) is 3. The van der Waals surface area contributed by atoms with Crippen LogP contribution in [0.15, 0.2) is 84.9 Å². The number of benzene rings is 4. The summed E-state index contributed by atoms with van der Waals surface area (Å²) >= 11 is 0. The molecule has 5 aliphatic rings. The molecule has 4 N–H and O–H groups in total. The Labute approximate surface area is 553 Å². The van der Waals surface area contributed by atoms with E-state index in [-0.39, 0.29) is 67.9 Å². The van der Waals surface area contributed by atoms with Crippen LogP contribution < -0.4 is 26.2 Å². The van der Waals surface area contributed by atoms with Crippen molar-refractivity contribution in [2.75, 3.05) is 76.3 Å². The van der Waals surface area contributed by atoms with Gasteiger partial charge in [-0.2, -0.15) is 0 Å². The SMILES string of the molecule is CC(C(=O)NC(C(=O)N1Cc2cc(NC(=O)CNC(=O)[C@@]3(C)CN(C(=O)CN4C[C@@H](C)N(C(=O)OC(C)(C)C)C[C@@H]4CN4CCOC[C@H]4C)c4cc(Cc5ccc(F)cc5)ccc43)ccc2C[C@H]1C(=O)N[C@@H]1CCCc2ccccc21)C(C)(C)C)N(C)C(=O)OC(C)(C)C. The number of hydrogen-bond acceptors (Lipinski definition) is 13. The number of likely N-dealkylation sites (N-methyl/N-ethyl adjacent to an activating group) is 1. The minimum atomic E-state index is -1.33. The second-order valence-corrected chi connectivity index (χ2v) is 29.6. The lowest BCUT2D eigenvalue weighted by Crippen LogP contribution is -2.64. The minimum absolute atomic E-state index is 0.0180. The largest absolute Gasteiger partial charge is 0.444 e. The van der Waals surface area contributed by atoms with Gasteiger partial charge in [0.25, 0.3) is 0 Å². The second kappa shape index (κ2) is 28.6. The normalized spacial score (nSPS) is 22.3. The van der Waals surface area contributed by atoms with Gasteiger partial charge in [-0.3, -0.25) is 43.5 Å². The number of morpholine rings is 1. The summed E-state index contributed by atoms with van der Waals surface area (Å²) < 4.78 is 31.2. The van der Waals surface area contributed by atoms with Crippen LogP contribution in [-0.2, 0) is 74.2 Å². The van der Waals surface area contributed by atoms with E-state index in [0.29, 0.717) is 74.7 Å². The van der Waals surface area contributed by atoms with E-state index < -0.39 is 82.5 Å². The molecule has 94 heavy (non-hydrogen) atoms. The number of anilines is 2. The fourth-order valence-corrected chi connectivity index (χ4v) is 13.3. The number of piperazine rings is 1. The average Bonchev–Trinajstić information content (AvgIpc) is 1.53. The van der Waals surface area contributed by atoms with Crippen molar-refractivity contribution < 1.29 is 57.0 Å². The lowest BCUT2D eigenvalue weighted by atomic mass is 9.83. The van der Waals surface area contributed by atoms with Gasteiger partial charge in [0.05, 0.1) is 37.8 Å². The first-order valence-electron chi connectivity index (χ1n) is 33.0. The van der Waals surface area contributed by atoms with Gasteiger partial charge in [0.15, 0.2) is 0 Å². The van der Waals surface area contributed by atoms with E-state index in [0.717, 1.165) is 40.7 Å². The summed E-state index contributed by atoms with van der Waals surface area (Å²) in [6, 6.07) is 21.3. The number of carbonyl (C=O) groups is 8. The van der Waals surface area contributed by atoms with Crippen LogP contribution in [0.2, 0.25) is 0 Å². The van der Waals surface area contributed by atoms with Crippen molar-refractivity contribution in [2.24, 2.45) is 5.41 Å². The van der Waals surface area contributed by atoms with E-state index >= 15 is 9.59 Å². The molecule has 508 valence electrons. The van der Waals surface area contributed by atoms with Crippen LogP contribution in [0.5, 0.6) is 0 Å². The zero-order valence-electron chi connectivity index (χ0n) is 57.3. The maximum absolute atomic E-state index is 15.3. The van der Waals surface area contributed by atoms with Crippen molar-refractivity contribution in [1.29, 1.82) is 0 Å². The molecule has 0 saturated carbocycles. The zero-order valence-corrected chi connectivity index (χ0v) is 57.3. The van der Waals surface area contributed by atoms with Crippen LogP contribution in [0.25, 0.3) is 0 Å². The van der Waals surface area contributed by atoms with Crippen LogP contribution in [0, 0.1) is 11.2 Å². The highest BCUT2D eigenvalue weighted by molar-refractivity contribution is 6.04. The molecule has 2 unspecified atom stereocenters. The Morgan fingerprint density at radius 3 is 2.19 bits per heavy atom. The van der Waals surface area contributed by atoms with E-state index in [1.54, 1.807) is 68.7 Å². The number of hydrogen-bond donors (Lipinski definition) is 4. The summed E-state index contributed by atoms with van der Waals surface area (Å²) in [5, 5.41) is 12.0. The molecule has 8 atom stereocenters. The summed E-state index contributed by atoms with van der Waals surface area (Å²) in [4.78, 5) is 126. The van der Waals surface area contributed by atoms with Gasteiger partial charge in [-0.25, -0.2) is 14.0 Å². The molecule has 4 aromatic carbocycles. The first-order chi connectivity index (χ1) is 44.2. The van der Waals surface area contributed by atoms with E-state index in [1.165, 1.54) is 29.0 Å². The molecular formula is C72H97FN10O11. The van der Waals surface area contributed by atoms with Crippen molar-refractivity contribution >= 4 is 59.0 Å². The van der Waals surface area contributed by atoms with E-state index in [2.05, 4.69) is 44.1 Å². The lowest BCUT2D eigenvalue weighted by molar-refractivity contribution is -0.147. The number of halogens is 1. The van der Waals surface area contributed by atoms with Crippen LogP contribution in [0.1, 0.15) is 148 Å². The summed E-state index contributed by atoms with van der Waals surface area (Å²) in [5.41, 5.74) is 3.07. The topological polar surface area (TPSA) is 232 Å². The molecule has 0 spiro atoms. The Kier molecular flexibility index (Phi) is 21.4. The number of nitrogens with zero attached hydrogens (tertiary/aromatic N) is 6. The Morgan fingerprint density at radius 1 is 0.798 bits per heavy atom. The van der Waals surface area contributed by atoms with Crippen LogP contribution in [0.4, 0.5) is 25.4 Å². The lowest BCUT2D eigenvalue weighted by Gasteiger charge is -2.47. The highest BCUT2D eigenvalue weighted by Gasteiger charge is 2.49. The molecular weight excluding hydrogens is 1200 g/mol. The molecule has 1 aliphatic carbocycles. The van der Waals surface area contributed by atoms with Gasteiger partial charge in [-0.05, 0) is 170 Å². The van der Waals surface area contributed by atoms with E-state index in [1.807, 2.05) is 90.9 Å². The molecule has 0 bridgehead atoms. The molecule has 2 fully saturated rings. The molecule has 0 aromatic heterocycles. The number of carbonyl (C=O) groups excluding carboxylic acids is 8. The molecule has 4 heterocycles. The molecule has 8 amide bonds. The standard InChI is InChI=1S/C72H97FN10O11/c1-44-37-80(54(39-79-30-31-92-42-45(79)2)40-81(44)68(91)94-71(10,11)12)41-61(85)83-43-72(13,56-29-24-48(33-58(56)83)32-47-22-26-52(73)27-23-47)66(89)74-36-60(84)75-53-28-25-50-35-59(64(87)76-57-21-17-19-49-18-15-16-20-55(49)57)82(38-51(50)34-53)65(88)62(69(4,5)6)77-63(86)46(3)78(14)67(90)93-70(7,8)9/h15-16,18,20,22-29,33-34,44-46,54,57,59,62H,17,19,21,30-32,35-43H2,1-14H3,(H,74,89)(H,75,84)(H,76,87)(H,77,86)/t44-,45-,46?,54+,57-,59+,62?,72+/m1/s1. The fraction of sp³-hybridized carbons (Fsp3) is 0.556. The third kappa shape index (κ3) is 16.7. The smallest absolute Gasteiger partial charge is 0.410 e. The number of amides is 8. The zero-order chi connectivity index (χ0) is 68.4. The van der Waals surface area contributed by atoms with Crippen LogP contribution in [-0.4, -0.2) is 186 Å². The molecule has 22 heteroatoms. The summed E-state index contributed by atoms with van der Waals surface area (Å²) in [6.07, 6.45) is 1.90. The third-order valence-electron chi connectivity index (χ3n) is 18.8. The van der Waals surface area contributed by atoms with E-state index in [4.69, 9.17) is 14.2 Å². The predicted octanol–water partition coefficient (Wildman–Crippen LogP) is 8.04. The van der Waals surface area contributed by atoms with Gasteiger partial charge in [0.1, 0.15) is 35.1 Å². The maximum Gasteiger partial charge on any atom is 0.410 e.